The van der Waals surface area contributed by atoms with E-state index in [4.69, 9.17) is 27.9 Å². The molecule has 9 nitrogen and oxygen atoms in total. The first kappa shape index (κ1) is 51.3. The van der Waals surface area contributed by atoms with Gasteiger partial charge < -0.3 is 4.74 Å². The number of methoxy groups -OCH3 is 1. The predicted octanol–water partition coefficient (Wildman–Crippen LogP) is 2.42. The Morgan fingerprint density at radius 3 is 1.39 bits per heavy atom. The van der Waals surface area contributed by atoms with E-state index in [0.29, 0.717) is 0 Å². The molecule has 2 radical (unpaired) electrons. The molecule has 1 aromatic carbocycles. The summed E-state index contributed by atoms with van der Waals surface area (Å²) in [4.78, 5) is 10.8. The van der Waals surface area contributed by atoms with Gasteiger partial charge in [-0.05, 0) is 29.0 Å². The number of benzene rings is 1. The maximum absolute atomic E-state index is 10.8. The largest absolute Gasteiger partial charge is 0 e. The zero-order valence-corrected chi connectivity index (χ0v) is 18.8. The maximum Gasteiger partial charge on any atom is 0 e. The molecule has 168 valence electrons. The summed E-state index contributed by atoms with van der Waals surface area (Å²) in [6, 6.07) is 10.5. The molecule has 1 aromatic rings. The zero-order chi connectivity index (χ0) is 24.9. The SMILES string of the molecule is COC(=O)NC#Cc1ccc(C(C)(C)C)cc1.[C-]#[O+].[C-]#[O+].[C-]#[O+].[C-]#[O+].[C-]#[O+].[C-]#[O+].[Co].[Co]. The summed E-state index contributed by atoms with van der Waals surface area (Å²) in [5.74, 6) is 2.83. The molecule has 0 fully saturated rings. The van der Waals surface area contributed by atoms with Gasteiger partial charge in [-0.25, -0.2) is 10.1 Å². The van der Waals surface area contributed by atoms with E-state index < -0.39 is 6.09 Å². The Labute approximate surface area is 202 Å². The summed E-state index contributed by atoms with van der Waals surface area (Å²) in [6.07, 6.45) is -0.552. The van der Waals surface area contributed by atoms with Gasteiger partial charge >= 0.3 is 73.9 Å². The average molecular weight is 517 g/mol. The van der Waals surface area contributed by atoms with Crippen LogP contribution in [0.25, 0.3) is 0 Å². The normalized spacial score (nSPS) is 5.94. The van der Waals surface area contributed by atoms with Gasteiger partial charge in [0.1, 0.15) is 0 Å². The van der Waals surface area contributed by atoms with Gasteiger partial charge in [0.25, 0.3) is 0 Å². The van der Waals surface area contributed by atoms with Crippen LogP contribution in [0.4, 0.5) is 4.79 Å². The van der Waals surface area contributed by atoms with Crippen LogP contribution in [0.2, 0.25) is 0 Å². The first-order chi connectivity index (χ1) is 13.9. The molecule has 11 heteroatoms. The second-order valence-corrected chi connectivity index (χ2v) is 4.69. The Bertz CT molecular complexity index is 654. The fourth-order valence-corrected chi connectivity index (χ4v) is 1.26. The molecular weight excluding hydrogens is 500 g/mol. The molecule has 0 atom stereocenters. The number of alkyl carbamates (subject to hydrolysis) is 1. The molecule has 0 saturated heterocycles. The van der Waals surface area contributed by atoms with Gasteiger partial charge in [-0.15, -0.1) is 0 Å². The molecule has 0 aliphatic carbocycles. The molecule has 0 unspecified atom stereocenters. The summed E-state index contributed by atoms with van der Waals surface area (Å²) in [6.45, 7) is 33.5. The van der Waals surface area contributed by atoms with E-state index in [2.05, 4.69) is 82.7 Å². The van der Waals surface area contributed by atoms with Gasteiger partial charge in [0.05, 0.1) is 7.11 Å². The van der Waals surface area contributed by atoms with Crippen molar-refractivity contribution in [3.8, 4) is 12.0 Å². The minimum Gasteiger partial charge on any atom is 0 e. The molecule has 0 aliphatic rings. The maximum atomic E-state index is 10.8. The molecule has 0 heterocycles. The van der Waals surface area contributed by atoms with E-state index in [9.17, 15) is 4.79 Å². The number of hydrogen-bond acceptors (Lipinski definition) is 2. The van der Waals surface area contributed by atoms with Gasteiger partial charge in [0.2, 0.25) is 0 Å². The number of carbonyl (C=O) groups is 1. The summed E-state index contributed by atoms with van der Waals surface area (Å²) < 4.78 is 49.4. The van der Waals surface area contributed by atoms with Crippen molar-refractivity contribution in [1.29, 1.82) is 0 Å². The van der Waals surface area contributed by atoms with E-state index in [0.717, 1.165) is 5.56 Å². The molecule has 0 aromatic heterocycles. The Kier molecular flexibility index (Phi) is 76.0. The first-order valence-electron chi connectivity index (χ1n) is 6.61. The zero-order valence-electron chi connectivity index (χ0n) is 16.7. The standard InChI is InChI=1S/C14H17NO2.6CO.2Co/c1-14(2,3)12-7-5-11(6-8-12)9-10-15-13(16)17-4;6*1-2;;/h5-8H,1-4H3,(H,15,16);;;;;;;;. The summed E-state index contributed by atoms with van der Waals surface area (Å²) in [5.41, 5.74) is 2.24. The van der Waals surface area contributed by atoms with Crippen LogP contribution in [-0.4, -0.2) is 13.2 Å². The molecule has 31 heavy (non-hydrogen) atoms. The van der Waals surface area contributed by atoms with Crippen LogP contribution < -0.4 is 5.32 Å². The molecular formula is C20H17Co2NO8. The van der Waals surface area contributed by atoms with Crippen molar-refractivity contribution in [3.05, 3.63) is 75.3 Å². The van der Waals surface area contributed by atoms with E-state index >= 15 is 0 Å². The average Bonchev–Trinajstić information content (AvgIpc) is 2.81. The van der Waals surface area contributed by atoms with Gasteiger partial charge in [-0.3, -0.25) is 0 Å². The van der Waals surface area contributed by atoms with E-state index in [-0.39, 0.29) is 39.0 Å². The number of rotatable bonds is 0. The van der Waals surface area contributed by atoms with Gasteiger partial charge in [-0.2, -0.15) is 0 Å². The van der Waals surface area contributed by atoms with Crippen molar-refractivity contribution in [2.75, 3.05) is 7.11 Å². The molecule has 0 aliphatic heterocycles. The molecule has 0 spiro atoms. The number of hydrogen-bond donors (Lipinski definition) is 1. The molecule has 1 amide bonds. The van der Waals surface area contributed by atoms with E-state index in [1.54, 1.807) is 0 Å². The van der Waals surface area contributed by atoms with Crippen LogP contribution in [0.5, 0.6) is 0 Å². The monoisotopic (exact) mass is 517 g/mol. The van der Waals surface area contributed by atoms with Crippen molar-refractivity contribution in [3.63, 3.8) is 0 Å². The Hall–Kier alpha value is -2.50. The molecule has 1 rings (SSSR count). The fourth-order valence-electron chi connectivity index (χ4n) is 1.26. The van der Waals surface area contributed by atoms with Crippen molar-refractivity contribution in [2.24, 2.45) is 0 Å². The van der Waals surface area contributed by atoms with E-state index in [1.165, 1.54) is 12.7 Å². The van der Waals surface area contributed by atoms with Crippen LogP contribution in [0.3, 0.4) is 0 Å². The quantitative estimate of drug-likeness (QED) is 0.243. The second-order valence-electron chi connectivity index (χ2n) is 4.69. The van der Waals surface area contributed by atoms with E-state index in [1.807, 2.05) is 24.3 Å². The molecule has 0 saturated carbocycles. The smallest absolute Gasteiger partial charge is 0 e. The minimum absolute atomic E-state index is 0. The first-order valence-corrected chi connectivity index (χ1v) is 6.61. The summed E-state index contributed by atoms with van der Waals surface area (Å²) in [5, 5.41) is 2.30. The Balaban J connectivity index is -0.0000000545. The van der Waals surface area contributed by atoms with Crippen LogP contribution >= 0.6 is 0 Å². The summed E-state index contributed by atoms with van der Waals surface area (Å²) >= 11 is 0. The Morgan fingerprint density at radius 2 is 1.13 bits per heavy atom. The van der Waals surface area contributed by atoms with Crippen LogP contribution in [0.1, 0.15) is 31.9 Å². The summed E-state index contributed by atoms with van der Waals surface area (Å²) in [7, 11) is 1.30. The van der Waals surface area contributed by atoms with Crippen molar-refractivity contribution in [1.82, 2.24) is 5.32 Å². The van der Waals surface area contributed by atoms with Crippen LogP contribution in [0, 0.1) is 51.9 Å². The molecule has 1 N–H and O–H groups in total. The third-order valence-electron chi connectivity index (χ3n) is 2.31. The number of amides is 1. The third-order valence-corrected chi connectivity index (χ3v) is 2.31. The number of carbonyl (C=O) groups excluding carboxylic acids is 1. The van der Waals surface area contributed by atoms with Crippen molar-refractivity contribution < 1.29 is 71.0 Å². The van der Waals surface area contributed by atoms with Crippen molar-refractivity contribution >= 4 is 6.09 Å². The third kappa shape index (κ3) is 38.7. The van der Waals surface area contributed by atoms with Gasteiger partial charge in [0.15, 0.2) is 0 Å². The van der Waals surface area contributed by atoms with Crippen molar-refractivity contribution in [2.45, 2.75) is 26.2 Å². The topological polar surface area (TPSA) is 158 Å². The molecule has 0 bridgehead atoms. The minimum atomic E-state index is -0.552. The van der Waals surface area contributed by atoms with Crippen LogP contribution in [0.15, 0.2) is 24.3 Å². The van der Waals surface area contributed by atoms with Gasteiger partial charge in [0, 0.05) is 45.2 Å². The second kappa shape index (κ2) is 46.0. The number of ether oxygens (including phenoxy) is 1. The fraction of sp³-hybridized carbons (Fsp3) is 0.250. The number of nitrogens with one attached hydrogen (secondary N) is 1. The predicted molar refractivity (Wildman–Crippen MR) is 91.1 cm³/mol. The van der Waals surface area contributed by atoms with Gasteiger partial charge in [-0.1, -0.05) is 32.9 Å². The van der Waals surface area contributed by atoms with Crippen LogP contribution in [-0.2, 0) is 71.6 Å². The Morgan fingerprint density at radius 1 is 0.806 bits per heavy atom.